The Labute approximate surface area is 271 Å². The van der Waals surface area contributed by atoms with Crippen LogP contribution in [0.15, 0.2) is 24.3 Å². The largest absolute Gasteiger partial charge is 0.391 e. The van der Waals surface area contributed by atoms with Crippen LogP contribution in [-0.4, -0.2) is 54.3 Å². The number of benzene rings is 2. The summed E-state index contributed by atoms with van der Waals surface area (Å²) in [6, 6.07) is 6.62. The predicted molar refractivity (Wildman–Crippen MR) is 173 cm³/mol. The number of anilines is 3. The number of nitrogens with one attached hydrogen (secondary N) is 4. The van der Waals surface area contributed by atoms with Crippen molar-refractivity contribution in [2.24, 2.45) is 18.4 Å². The SMILES string of the molecule is CNCN(C)c1cc2c(cc1C(=O)NC1CCC(C(F)(F)F)CC1)nc(Nc1c(Cl)ccc(CNC(=O)C(C)(C)C)c1Cl)n2C. The number of aryl methyl sites for hydroxylation is 1. The Bertz CT molecular complexity index is 1560. The zero-order valence-electron chi connectivity index (χ0n) is 26.3. The number of aromatic nitrogens is 2. The van der Waals surface area contributed by atoms with Crippen molar-refractivity contribution in [3.05, 3.63) is 45.4 Å². The lowest BCUT2D eigenvalue weighted by Crippen LogP contribution is -2.40. The highest BCUT2D eigenvalue weighted by atomic mass is 35.5. The Morgan fingerprint density at radius 3 is 2.36 bits per heavy atom. The van der Waals surface area contributed by atoms with E-state index in [1.807, 2.05) is 50.4 Å². The third-order valence-corrected chi connectivity index (χ3v) is 8.85. The van der Waals surface area contributed by atoms with E-state index in [0.717, 1.165) is 5.52 Å². The standard InChI is InChI=1S/C31H40Cl2F3N7O2/c1-30(2,3)28(45)38-15-17-7-12-21(32)26(25(17)33)41-29-40-22-13-20(23(42(5)16-37-4)14-24(22)43(29)6)27(44)39-19-10-8-18(9-11-19)31(34,35)36/h7,12-14,18-19,37H,8-11,15-16H2,1-6H3,(H,38,45)(H,39,44)(H,40,41). The molecule has 0 saturated heterocycles. The van der Waals surface area contributed by atoms with Crippen LogP contribution in [0.5, 0.6) is 0 Å². The van der Waals surface area contributed by atoms with Crippen LogP contribution in [0.2, 0.25) is 10.0 Å². The van der Waals surface area contributed by atoms with Crippen LogP contribution >= 0.6 is 23.2 Å². The summed E-state index contributed by atoms with van der Waals surface area (Å²) in [6.45, 7) is 6.12. The molecule has 1 saturated carbocycles. The molecule has 1 fully saturated rings. The van der Waals surface area contributed by atoms with E-state index in [1.165, 1.54) is 0 Å². The van der Waals surface area contributed by atoms with Crippen LogP contribution in [0.1, 0.15) is 62.4 Å². The van der Waals surface area contributed by atoms with Crippen molar-refractivity contribution in [1.82, 2.24) is 25.5 Å². The van der Waals surface area contributed by atoms with Gasteiger partial charge >= 0.3 is 6.18 Å². The molecule has 246 valence electrons. The van der Waals surface area contributed by atoms with Crippen LogP contribution in [-0.2, 0) is 18.4 Å². The lowest BCUT2D eigenvalue weighted by molar-refractivity contribution is -0.182. The van der Waals surface area contributed by atoms with Crippen LogP contribution in [0.3, 0.4) is 0 Å². The number of amides is 2. The molecule has 1 heterocycles. The first-order chi connectivity index (χ1) is 21.0. The summed E-state index contributed by atoms with van der Waals surface area (Å²) in [4.78, 5) is 32.6. The average Bonchev–Trinajstić information content (AvgIpc) is 3.27. The van der Waals surface area contributed by atoms with E-state index in [0.29, 0.717) is 50.7 Å². The fourth-order valence-electron chi connectivity index (χ4n) is 5.39. The molecule has 1 aromatic heterocycles. The zero-order valence-corrected chi connectivity index (χ0v) is 27.8. The molecule has 0 radical (unpaired) electrons. The van der Waals surface area contributed by atoms with Gasteiger partial charge < -0.3 is 30.7 Å². The number of carbonyl (C=O) groups is 2. The molecular weight excluding hydrogens is 630 g/mol. The maximum absolute atomic E-state index is 13.6. The lowest BCUT2D eigenvalue weighted by Gasteiger charge is -2.30. The highest BCUT2D eigenvalue weighted by molar-refractivity contribution is 6.39. The summed E-state index contributed by atoms with van der Waals surface area (Å²) in [5.41, 5.74) is 2.75. The molecule has 9 nitrogen and oxygen atoms in total. The molecule has 1 aliphatic rings. The third kappa shape index (κ3) is 7.96. The van der Waals surface area contributed by atoms with E-state index >= 15 is 0 Å². The van der Waals surface area contributed by atoms with E-state index in [2.05, 4.69) is 21.3 Å². The van der Waals surface area contributed by atoms with Gasteiger partial charge in [-0.3, -0.25) is 9.59 Å². The van der Waals surface area contributed by atoms with Gasteiger partial charge in [0, 0.05) is 32.1 Å². The summed E-state index contributed by atoms with van der Waals surface area (Å²) >= 11 is 13.3. The van der Waals surface area contributed by atoms with E-state index in [1.54, 1.807) is 25.2 Å². The molecule has 2 amide bonds. The Morgan fingerprint density at radius 1 is 1.09 bits per heavy atom. The van der Waals surface area contributed by atoms with Gasteiger partial charge in [0.2, 0.25) is 11.9 Å². The van der Waals surface area contributed by atoms with Gasteiger partial charge in [0.15, 0.2) is 0 Å². The molecule has 1 aliphatic carbocycles. The lowest BCUT2D eigenvalue weighted by atomic mass is 9.85. The smallest absolute Gasteiger partial charge is 0.361 e. The monoisotopic (exact) mass is 669 g/mol. The number of imidazole rings is 1. The molecule has 45 heavy (non-hydrogen) atoms. The van der Waals surface area contributed by atoms with E-state index < -0.39 is 17.5 Å². The van der Waals surface area contributed by atoms with Crippen LogP contribution in [0.4, 0.5) is 30.5 Å². The minimum atomic E-state index is -4.22. The number of nitrogens with zero attached hydrogens (tertiary/aromatic N) is 3. The van der Waals surface area contributed by atoms with Crippen molar-refractivity contribution in [2.45, 2.75) is 65.2 Å². The van der Waals surface area contributed by atoms with Gasteiger partial charge in [0.05, 0.1) is 50.6 Å². The molecule has 3 aromatic rings. The topological polar surface area (TPSA) is 103 Å². The number of hydrogen-bond acceptors (Lipinski definition) is 6. The van der Waals surface area contributed by atoms with Crippen molar-refractivity contribution >= 4 is 63.4 Å². The Morgan fingerprint density at radius 2 is 1.76 bits per heavy atom. The van der Waals surface area contributed by atoms with Gasteiger partial charge in [-0.15, -0.1) is 0 Å². The summed E-state index contributed by atoms with van der Waals surface area (Å²) in [7, 11) is 5.44. The second-order valence-corrected chi connectivity index (χ2v) is 13.4. The molecule has 4 N–H and O–H groups in total. The zero-order chi connectivity index (χ0) is 33.3. The first-order valence-electron chi connectivity index (χ1n) is 14.8. The molecule has 0 bridgehead atoms. The normalized spacial score (nSPS) is 17.3. The average molecular weight is 671 g/mol. The number of alkyl halides is 3. The first-order valence-corrected chi connectivity index (χ1v) is 15.5. The van der Waals surface area contributed by atoms with Crippen molar-refractivity contribution in [2.75, 3.05) is 31.0 Å². The summed E-state index contributed by atoms with van der Waals surface area (Å²) in [5.74, 6) is -1.41. The maximum Gasteiger partial charge on any atom is 0.391 e. The molecule has 2 aromatic carbocycles. The Kier molecular flexibility index (Phi) is 10.5. The van der Waals surface area contributed by atoms with Gasteiger partial charge in [-0.05, 0) is 56.5 Å². The second kappa shape index (κ2) is 13.6. The molecule has 0 atom stereocenters. The van der Waals surface area contributed by atoms with Gasteiger partial charge in [0.25, 0.3) is 5.91 Å². The van der Waals surface area contributed by atoms with Crippen molar-refractivity contribution < 1.29 is 22.8 Å². The van der Waals surface area contributed by atoms with Crippen LogP contribution in [0, 0.1) is 11.3 Å². The number of carbonyl (C=O) groups excluding carboxylic acids is 2. The number of rotatable bonds is 9. The molecule has 0 spiro atoms. The van der Waals surface area contributed by atoms with Crippen molar-refractivity contribution in [3.63, 3.8) is 0 Å². The Hall–Kier alpha value is -3.22. The maximum atomic E-state index is 13.6. The molecule has 4 rings (SSSR count). The second-order valence-electron chi connectivity index (χ2n) is 12.6. The van der Waals surface area contributed by atoms with Crippen LogP contribution < -0.4 is 26.2 Å². The summed E-state index contributed by atoms with van der Waals surface area (Å²) in [6.07, 6.45) is -3.71. The molecule has 14 heteroatoms. The molecular formula is C31H40Cl2F3N7O2. The van der Waals surface area contributed by atoms with Crippen molar-refractivity contribution in [1.29, 1.82) is 0 Å². The number of fused-ring (bicyclic) bond motifs is 1. The Balaban J connectivity index is 1.63. The number of halogens is 5. The fourth-order valence-corrected chi connectivity index (χ4v) is 5.92. The molecule has 0 unspecified atom stereocenters. The molecule has 0 aliphatic heterocycles. The third-order valence-electron chi connectivity index (χ3n) is 8.10. The van der Waals surface area contributed by atoms with Gasteiger partial charge in [-0.2, -0.15) is 13.2 Å². The quantitative estimate of drug-likeness (QED) is 0.188. The minimum absolute atomic E-state index is 0.00938. The fraction of sp³-hybridized carbons (Fsp3) is 0.516. The highest BCUT2D eigenvalue weighted by Gasteiger charge is 2.41. The first kappa shape index (κ1) is 34.6. The van der Waals surface area contributed by atoms with Gasteiger partial charge in [-0.1, -0.05) is 50.0 Å². The van der Waals surface area contributed by atoms with E-state index in [-0.39, 0.29) is 50.1 Å². The van der Waals surface area contributed by atoms with Crippen LogP contribution in [0.25, 0.3) is 11.0 Å². The van der Waals surface area contributed by atoms with E-state index in [4.69, 9.17) is 28.2 Å². The van der Waals surface area contributed by atoms with Crippen molar-refractivity contribution in [3.8, 4) is 0 Å². The van der Waals surface area contributed by atoms with E-state index in [9.17, 15) is 22.8 Å². The highest BCUT2D eigenvalue weighted by Crippen LogP contribution is 2.39. The summed E-state index contributed by atoms with van der Waals surface area (Å²) < 4.78 is 41.3. The summed E-state index contributed by atoms with van der Waals surface area (Å²) in [5, 5.41) is 12.8. The minimum Gasteiger partial charge on any atom is -0.361 e. The predicted octanol–water partition coefficient (Wildman–Crippen LogP) is 6.75. The number of hydrogen-bond donors (Lipinski definition) is 4. The van der Waals surface area contributed by atoms with Gasteiger partial charge in [0.1, 0.15) is 0 Å². The van der Waals surface area contributed by atoms with Gasteiger partial charge in [-0.25, -0.2) is 4.98 Å².